The summed E-state index contributed by atoms with van der Waals surface area (Å²) < 4.78 is 19.0. The molecule has 0 unspecified atom stereocenters. The largest absolute Gasteiger partial charge is 0.454 e. The molecule has 2 rings (SSSR count). The van der Waals surface area contributed by atoms with Crippen LogP contribution in [0, 0.1) is 13.8 Å². The molecule has 0 aliphatic carbocycles. The van der Waals surface area contributed by atoms with Gasteiger partial charge in [-0.15, -0.1) is 0 Å². The Balaban J connectivity index is 2.15. The van der Waals surface area contributed by atoms with Crippen LogP contribution in [-0.4, -0.2) is 33.4 Å². The number of aryl methyl sites for hydroxylation is 1. The Hall–Kier alpha value is -2.21. The first-order valence-electron chi connectivity index (χ1n) is 8.05. The van der Waals surface area contributed by atoms with Crippen LogP contribution in [-0.2, 0) is 15.5 Å². The number of benzene rings is 1. The summed E-state index contributed by atoms with van der Waals surface area (Å²) in [4.78, 5) is 25.1. The van der Waals surface area contributed by atoms with Gasteiger partial charge in [-0.1, -0.05) is 12.1 Å². The second kappa shape index (κ2) is 7.78. The maximum Gasteiger partial charge on any atom is 0.339 e. The fraction of sp³-hybridized carbons (Fsp3) is 0.368. The summed E-state index contributed by atoms with van der Waals surface area (Å²) in [5.74, 6) is -0.889. The highest BCUT2D eigenvalue weighted by Gasteiger charge is 2.20. The Morgan fingerprint density at radius 3 is 2.36 bits per heavy atom. The van der Waals surface area contributed by atoms with E-state index >= 15 is 0 Å². The summed E-state index contributed by atoms with van der Waals surface area (Å²) in [5.41, 5.74) is 2.65. The molecular weight excluding hydrogens is 338 g/mol. The average molecular weight is 361 g/mol. The fourth-order valence-corrected chi connectivity index (χ4v) is 3.76. The lowest BCUT2D eigenvalue weighted by Crippen LogP contribution is -2.16. The highest BCUT2D eigenvalue weighted by atomic mass is 32.2. The number of nitrogens with zero attached hydrogens (tertiary/aromatic N) is 1. The number of hydrogen-bond donors (Lipinski definition) is 0. The zero-order chi connectivity index (χ0) is 18.7. The Morgan fingerprint density at radius 2 is 1.80 bits per heavy atom. The van der Waals surface area contributed by atoms with Gasteiger partial charge < -0.3 is 9.30 Å². The number of ether oxygens (including phenoxy) is 1. The van der Waals surface area contributed by atoms with Crippen LogP contribution in [0.25, 0.3) is 0 Å². The Morgan fingerprint density at radius 1 is 1.16 bits per heavy atom. The topological polar surface area (TPSA) is 65.4 Å². The zero-order valence-electron chi connectivity index (χ0n) is 15.2. The van der Waals surface area contributed by atoms with E-state index in [0.717, 1.165) is 11.4 Å². The molecule has 0 saturated heterocycles. The molecule has 5 nitrogen and oxygen atoms in total. The van der Waals surface area contributed by atoms with E-state index in [-0.39, 0.29) is 24.0 Å². The minimum Gasteiger partial charge on any atom is -0.454 e. The van der Waals surface area contributed by atoms with Gasteiger partial charge in [0, 0.05) is 29.2 Å². The van der Waals surface area contributed by atoms with Gasteiger partial charge in [0.15, 0.2) is 6.61 Å². The number of Topliss-reactive ketones (excluding diaryl/α,β-unsaturated/α-hetero) is 1. The molecular formula is C19H23NO4S. The van der Waals surface area contributed by atoms with Crippen LogP contribution >= 0.6 is 0 Å². The molecule has 1 aromatic carbocycles. The Bertz CT molecular complexity index is 836. The standard InChI is InChI=1S/C19H23NO4S/c1-12(2)20-13(3)10-16(14(20)4)17(21)11-24-19(22)15-8-6-7-9-18(15)25(5)23/h6-10,12H,11H2,1-5H3/t25-/m0/s1. The second-order valence-electron chi connectivity index (χ2n) is 6.20. The van der Waals surface area contributed by atoms with Gasteiger partial charge in [0.2, 0.25) is 5.78 Å². The molecule has 6 heteroatoms. The number of rotatable bonds is 6. The average Bonchev–Trinajstić information content (AvgIpc) is 2.86. The summed E-state index contributed by atoms with van der Waals surface area (Å²) in [5, 5.41) is 0. The molecule has 0 aliphatic heterocycles. The summed E-state index contributed by atoms with van der Waals surface area (Å²) in [6.45, 7) is 7.60. The molecule has 2 aromatic rings. The Kier molecular flexibility index (Phi) is 5.95. The lowest BCUT2D eigenvalue weighted by Gasteiger charge is -2.13. The van der Waals surface area contributed by atoms with E-state index < -0.39 is 16.8 Å². The summed E-state index contributed by atoms with van der Waals surface area (Å²) in [7, 11) is -1.31. The number of carbonyl (C=O) groups excluding carboxylic acids is 2. The molecule has 25 heavy (non-hydrogen) atoms. The predicted octanol–water partition coefficient (Wildman–Crippen LogP) is 3.46. The van der Waals surface area contributed by atoms with E-state index in [4.69, 9.17) is 4.74 Å². The quantitative estimate of drug-likeness (QED) is 0.584. The molecule has 0 radical (unpaired) electrons. The molecule has 0 spiro atoms. The van der Waals surface area contributed by atoms with E-state index in [1.54, 1.807) is 24.3 Å². The Labute approximate surface area is 150 Å². The number of ketones is 1. The van der Waals surface area contributed by atoms with Crippen molar-refractivity contribution < 1.29 is 18.5 Å². The first kappa shape index (κ1) is 19.1. The molecule has 1 atom stereocenters. The van der Waals surface area contributed by atoms with Crippen molar-refractivity contribution in [1.82, 2.24) is 4.57 Å². The van der Waals surface area contributed by atoms with Crippen LogP contribution < -0.4 is 0 Å². The van der Waals surface area contributed by atoms with Gasteiger partial charge in [-0.2, -0.15) is 0 Å². The smallest absolute Gasteiger partial charge is 0.339 e. The van der Waals surface area contributed by atoms with Crippen molar-refractivity contribution in [3.63, 3.8) is 0 Å². The molecule has 0 saturated carbocycles. The first-order valence-corrected chi connectivity index (χ1v) is 9.61. The summed E-state index contributed by atoms with van der Waals surface area (Å²) in [6, 6.07) is 8.61. The third kappa shape index (κ3) is 4.07. The number of esters is 1. The van der Waals surface area contributed by atoms with Gasteiger partial charge in [-0.05, 0) is 45.9 Å². The summed E-state index contributed by atoms with van der Waals surface area (Å²) >= 11 is 0. The van der Waals surface area contributed by atoms with E-state index in [1.807, 2.05) is 19.9 Å². The SMILES string of the molecule is Cc1cc(C(=O)COC(=O)c2ccccc2[S@](C)=O)c(C)n1C(C)C. The van der Waals surface area contributed by atoms with Crippen molar-refractivity contribution in [2.45, 2.75) is 38.6 Å². The third-order valence-corrected chi connectivity index (χ3v) is 5.03. The molecule has 0 bridgehead atoms. The van der Waals surface area contributed by atoms with Gasteiger partial charge in [-0.25, -0.2) is 4.79 Å². The van der Waals surface area contributed by atoms with Gasteiger partial charge in [0.1, 0.15) is 0 Å². The molecule has 0 N–H and O–H groups in total. The highest BCUT2D eigenvalue weighted by molar-refractivity contribution is 7.84. The molecule has 0 fully saturated rings. The van der Waals surface area contributed by atoms with Crippen LogP contribution in [0.3, 0.4) is 0 Å². The first-order chi connectivity index (χ1) is 11.7. The zero-order valence-corrected chi connectivity index (χ0v) is 16.0. The van der Waals surface area contributed by atoms with Gasteiger partial charge in [0.25, 0.3) is 0 Å². The van der Waals surface area contributed by atoms with E-state index in [9.17, 15) is 13.8 Å². The maximum atomic E-state index is 12.5. The van der Waals surface area contributed by atoms with Crippen molar-refractivity contribution >= 4 is 22.6 Å². The molecule has 0 aliphatic rings. The highest BCUT2D eigenvalue weighted by Crippen LogP contribution is 2.21. The van der Waals surface area contributed by atoms with E-state index in [0.29, 0.717) is 10.5 Å². The van der Waals surface area contributed by atoms with E-state index in [2.05, 4.69) is 18.4 Å². The minimum atomic E-state index is -1.31. The predicted molar refractivity (Wildman–Crippen MR) is 97.7 cm³/mol. The number of carbonyl (C=O) groups is 2. The van der Waals surface area contributed by atoms with Crippen LogP contribution in [0.2, 0.25) is 0 Å². The normalized spacial score (nSPS) is 12.2. The number of hydrogen-bond acceptors (Lipinski definition) is 4. The molecule has 0 amide bonds. The maximum absolute atomic E-state index is 12.5. The molecule has 134 valence electrons. The lowest BCUT2D eigenvalue weighted by molar-refractivity contribution is 0.0471. The third-order valence-electron chi connectivity index (χ3n) is 4.05. The lowest BCUT2D eigenvalue weighted by atomic mass is 10.1. The van der Waals surface area contributed by atoms with Crippen molar-refractivity contribution in [3.8, 4) is 0 Å². The minimum absolute atomic E-state index is 0.226. The molecule has 1 aromatic heterocycles. The van der Waals surface area contributed by atoms with Gasteiger partial charge in [-0.3, -0.25) is 9.00 Å². The van der Waals surface area contributed by atoms with Gasteiger partial charge in [0.05, 0.1) is 21.3 Å². The molecule has 1 heterocycles. The second-order valence-corrected chi connectivity index (χ2v) is 7.55. The number of aromatic nitrogens is 1. The van der Waals surface area contributed by atoms with Gasteiger partial charge >= 0.3 is 5.97 Å². The van der Waals surface area contributed by atoms with Crippen molar-refractivity contribution in [2.24, 2.45) is 0 Å². The van der Waals surface area contributed by atoms with Crippen molar-refractivity contribution in [2.75, 3.05) is 12.9 Å². The monoisotopic (exact) mass is 361 g/mol. The van der Waals surface area contributed by atoms with Crippen LogP contribution in [0.4, 0.5) is 0 Å². The van der Waals surface area contributed by atoms with Crippen molar-refractivity contribution in [1.29, 1.82) is 0 Å². The summed E-state index contributed by atoms with van der Waals surface area (Å²) in [6.07, 6.45) is 1.50. The van der Waals surface area contributed by atoms with Crippen LogP contribution in [0.15, 0.2) is 35.2 Å². The van der Waals surface area contributed by atoms with Crippen LogP contribution in [0.1, 0.15) is 52.0 Å². The van der Waals surface area contributed by atoms with Crippen molar-refractivity contribution in [3.05, 3.63) is 52.8 Å². The fourth-order valence-electron chi connectivity index (χ4n) is 3.03. The van der Waals surface area contributed by atoms with E-state index in [1.165, 1.54) is 6.26 Å². The van der Waals surface area contributed by atoms with Crippen LogP contribution in [0.5, 0.6) is 0 Å².